The van der Waals surface area contributed by atoms with Crippen molar-refractivity contribution in [2.45, 2.75) is 18.7 Å². The van der Waals surface area contributed by atoms with Crippen LogP contribution in [0.2, 0.25) is 0 Å². The average Bonchev–Trinajstić information content (AvgIpc) is 2.14. The van der Waals surface area contributed by atoms with Gasteiger partial charge in [0, 0.05) is 15.3 Å². The molecule has 0 bridgehead atoms. The van der Waals surface area contributed by atoms with Gasteiger partial charge in [0.2, 0.25) is 0 Å². The summed E-state index contributed by atoms with van der Waals surface area (Å²) in [6.45, 7) is 3.87. The maximum atomic E-state index is 11.4. The van der Waals surface area contributed by atoms with Gasteiger partial charge < -0.3 is 0 Å². The van der Waals surface area contributed by atoms with E-state index in [4.69, 9.17) is 0 Å². The van der Waals surface area contributed by atoms with Crippen molar-refractivity contribution in [3.05, 3.63) is 28.7 Å². The molecule has 76 valence electrons. The molecule has 0 fully saturated rings. The number of hydrogen-bond donors (Lipinski definition) is 0. The highest BCUT2D eigenvalue weighted by Gasteiger charge is 2.07. The van der Waals surface area contributed by atoms with Crippen LogP contribution < -0.4 is 0 Å². The molecule has 0 amide bonds. The topological polar surface area (TPSA) is 17.1 Å². The normalized spacial score (nSPS) is 10.6. The summed E-state index contributed by atoms with van der Waals surface area (Å²) >= 11 is 4.99. The Kier molecular flexibility index (Phi) is 4.69. The van der Waals surface area contributed by atoms with Crippen LogP contribution in [0.4, 0.5) is 0 Å². The summed E-state index contributed by atoms with van der Waals surface area (Å²) in [4.78, 5) is 12.5. The van der Waals surface area contributed by atoms with Crippen LogP contribution in [0, 0.1) is 5.92 Å². The lowest BCUT2D eigenvalue weighted by Crippen LogP contribution is -2.09. The van der Waals surface area contributed by atoms with E-state index >= 15 is 0 Å². The minimum atomic E-state index is 0.134. The molecule has 1 aromatic rings. The predicted molar refractivity (Wildman–Crippen MR) is 64.7 cm³/mol. The Labute approximate surface area is 97.4 Å². The van der Waals surface area contributed by atoms with Gasteiger partial charge in [-0.3, -0.25) is 4.79 Å². The summed E-state index contributed by atoms with van der Waals surface area (Å²) in [5.74, 6) is 0.998. The quantitative estimate of drug-likeness (QED) is 0.777. The molecule has 0 N–H and O–H groups in total. The minimum absolute atomic E-state index is 0.134. The van der Waals surface area contributed by atoms with Gasteiger partial charge in [-0.05, 0) is 18.2 Å². The fourth-order valence-corrected chi connectivity index (χ4v) is 2.46. The molecule has 0 unspecified atom stereocenters. The highest BCUT2D eigenvalue weighted by molar-refractivity contribution is 9.10. The van der Waals surface area contributed by atoms with Gasteiger partial charge in [-0.15, -0.1) is 11.8 Å². The fourth-order valence-electron chi connectivity index (χ4n) is 0.878. The molecule has 0 saturated carbocycles. The number of Topliss-reactive ketones (excluding diaryl/α,β-unsaturated/α-hetero) is 1. The van der Waals surface area contributed by atoms with Crippen molar-refractivity contribution in [2.75, 3.05) is 5.75 Å². The number of halogens is 1. The summed E-state index contributed by atoms with van der Waals surface area (Å²) in [7, 11) is 0. The first kappa shape index (κ1) is 11.8. The number of benzene rings is 1. The van der Waals surface area contributed by atoms with Crippen molar-refractivity contribution < 1.29 is 4.79 Å². The molecule has 0 aliphatic carbocycles. The van der Waals surface area contributed by atoms with E-state index in [0.717, 1.165) is 9.37 Å². The molecule has 1 rings (SSSR count). The second-order valence-corrected chi connectivity index (χ2v) is 5.33. The lowest BCUT2D eigenvalue weighted by molar-refractivity contribution is -0.119. The summed E-state index contributed by atoms with van der Waals surface area (Å²) in [6, 6.07) is 8.00. The molecule has 14 heavy (non-hydrogen) atoms. The van der Waals surface area contributed by atoms with Crippen molar-refractivity contribution in [2.24, 2.45) is 5.92 Å². The van der Waals surface area contributed by atoms with E-state index in [1.165, 1.54) is 0 Å². The van der Waals surface area contributed by atoms with E-state index in [0.29, 0.717) is 11.5 Å². The summed E-state index contributed by atoms with van der Waals surface area (Å²) in [6.07, 6.45) is 0. The number of ketones is 1. The predicted octanol–water partition coefficient (Wildman–Crippen LogP) is 3.77. The van der Waals surface area contributed by atoms with Crippen LogP contribution in [-0.2, 0) is 4.79 Å². The Hall–Kier alpha value is -0.280. The molecular weight excluding hydrogens is 260 g/mol. The zero-order valence-corrected chi connectivity index (χ0v) is 10.7. The average molecular weight is 273 g/mol. The molecule has 1 aromatic carbocycles. The standard InChI is InChI=1S/C11H13BrOS/c1-8(2)11(13)7-14-10-5-3-4-9(12)6-10/h3-6,8H,7H2,1-2H3. The van der Waals surface area contributed by atoms with Gasteiger partial charge in [0.1, 0.15) is 5.78 Å². The van der Waals surface area contributed by atoms with Crippen LogP contribution in [0.15, 0.2) is 33.6 Å². The van der Waals surface area contributed by atoms with Crippen molar-refractivity contribution in [1.29, 1.82) is 0 Å². The van der Waals surface area contributed by atoms with Crippen LogP contribution in [0.3, 0.4) is 0 Å². The number of rotatable bonds is 4. The maximum Gasteiger partial charge on any atom is 0.145 e. The Morgan fingerprint density at radius 3 is 2.79 bits per heavy atom. The van der Waals surface area contributed by atoms with Crippen molar-refractivity contribution in [3.8, 4) is 0 Å². The maximum absolute atomic E-state index is 11.4. The Bertz CT molecular complexity index is 323. The zero-order valence-electron chi connectivity index (χ0n) is 8.29. The highest BCUT2D eigenvalue weighted by atomic mass is 79.9. The first-order chi connectivity index (χ1) is 6.59. The van der Waals surface area contributed by atoms with Crippen molar-refractivity contribution >= 4 is 33.5 Å². The molecule has 0 radical (unpaired) electrons. The third kappa shape index (κ3) is 3.84. The first-order valence-electron chi connectivity index (χ1n) is 4.50. The lowest BCUT2D eigenvalue weighted by Gasteiger charge is -2.03. The SMILES string of the molecule is CC(C)C(=O)CSc1cccc(Br)c1. The molecule has 1 nitrogen and oxygen atoms in total. The van der Waals surface area contributed by atoms with Crippen LogP contribution in [-0.4, -0.2) is 11.5 Å². The first-order valence-corrected chi connectivity index (χ1v) is 6.28. The molecule has 0 aliphatic rings. The van der Waals surface area contributed by atoms with Gasteiger partial charge in [0.25, 0.3) is 0 Å². The Morgan fingerprint density at radius 2 is 2.21 bits per heavy atom. The van der Waals surface area contributed by atoms with Gasteiger partial charge >= 0.3 is 0 Å². The van der Waals surface area contributed by atoms with E-state index in [2.05, 4.69) is 15.9 Å². The van der Waals surface area contributed by atoms with Crippen LogP contribution in [0.5, 0.6) is 0 Å². The number of thioether (sulfide) groups is 1. The van der Waals surface area contributed by atoms with Crippen molar-refractivity contribution in [1.82, 2.24) is 0 Å². The van der Waals surface area contributed by atoms with E-state index < -0.39 is 0 Å². The molecule has 0 heterocycles. The summed E-state index contributed by atoms with van der Waals surface area (Å²) in [5, 5.41) is 0. The van der Waals surface area contributed by atoms with Gasteiger partial charge in [0.05, 0.1) is 5.75 Å². The molecule has 0 aliphatic heterocycles. The van der Waals surface area contributed by atoms with Crippen LogP contribution >= 0.6 is 27.7 Å². The molecule has 3 heteroatoms. The highest BCUT2D eigenvalue weighted by Crippen LogP contribution is 2.22. The molecule has 0 spiro atoms. The number of carbonyl (C=O) groups excluding carboxylic acids is 1. The molecule has 0 aromatic heterocycles. The minimum Gasteiger partial charge on any atom is -0.298 e. The van der Waals surface area contributed by atoms with E-state index in [1.807, 2.05) is 38.1 Å². The third-order valence-electron chi connectivity index (χ3n) is 1.82. The monoisotopic (exact) mass is 272 g/mol. The van der Waals surface area contributed by atoms with Gasteiger partial charge in [-0.1, -0.05) is 35.8 Å². The lowest BCUT2D eigenvalue weighted by atomic mass is 10.1. The number of carbonyl (C=O) groups is 1. The van der Waals surface area contributed by atoms with Gasteiger partial charge in [-0.2, -0.15) is 0 Å². The second kappa shape index (κ2) is 5.56. The van der Waals surface area contributed by atoms with E-state index in [9.17, 15) is 4.79 Å². The van der Waals surface area contributed by atoms with Crippen molar-refractivity contribution in [3.63, 3.8) is 0 Å². The Balaban J connectivity index is 2.50. The summed E-state index contributed by atoms with van der Waals surface area (Å²) in [5.41, 5.74) is 0. The third-order valence-corrected chi connectivity index (χ3v) is 3.33. The smallest absolute Gasteiger partial charge is 0.145 e. The summed E-state index contributed by atoms with van der Waals surface area (Å²) < 4.78 is 1.06. The number of hydrogen-bond acceptors (Lipinski definition) is 2. The Morgan fingerprint density at radius 1 is 1.50 bits per heavy atom. The molecule has 0 atom stereocenters. The van der Waals surface area contributed by atoms with Crippen LogP contribution in [0.1, 0.15) is 13.8 Å². The van der Waals surface area contributed by atoms with E-state index in [1.54, 1.807) is 11.8 Å². The zero-order chi connectivity index (χ0) is 10.6. The molecule has 0 saturated heterocycles. The van der Waals surface area contributed by atoms with Crippen LogP contribution in [0.25, 0.3) is 0 Å². The van der Waals surface area contributed by atoms with Gasteiger partial charge in [-0.25, -0.2) is 0 Å². The van der Waals surface area contributed by atoms with E-state index in [-0.39, 0.29) is 5.92 Å². The second-order valence-electron chi connectivity index (χ2n) is 3.37. The largest absolute Gasteiger partial charge is 0.298 e. The van der Waals surface area contributed by atoms with Gasteiger partial charge in [0.15, 0.2) is 0 Å². The molecular formula is C11H13BrOS. The fraction of sp³-hybridized carbons (Fsp3) is 0.364.